The summed E-state index contributed by atoms with van der Waals surface area (Å²) in [6, 6.07) is 17.3. The Morgan fingerprint density at radius 2 is 1.74 bits per heavy atom. The maximum Gasteiger partial charge on any atom is 0.276 e. The van der Waals surface area contributed by atoms with Crippen LogP contribution in [0.3, 0.4) is 0 Å². The van der Waals surface area contributed by atoms with Crippen LogP contribution < -0.4 is 14.8 Å². The van der Waals surface area contributed by atoms with Crippen molar-refractivity contribution in [3.8, 4) is 17.2 Å². The average molecular weight is 483 g/mol. The Hall–Kier alpha value is -4.44. The number of rotatable bonds is 8. The molecule has 0 aliphatic carbocycles. The number of benzene rings is 3. The highest BCUT2D eigenvalue weighted by Crippen LogP contribution is 2.30. The van der Waals surface area contributed by atoms with Crippen LogP contribution in [0.4, 0.5) is 15.8 Å². The Labute approximate surface area is 197 Å². The van der Waals surface area contributed by atoms with Gasteiger partial charge in [-0.15, -0.1) is 0 Å². The lowest BCUT2D eigenvalue weighted by Crippen LogP contribution is -2.14. The number of anilines is 1. The van der Waals surface area contributed by atoms with Crippen molar-refractivity contribution in [2.75, 3.05) is 5.32 Å². The molecule has 4 rings (SSSR count). The molecule has 3 aromatic carbocycles. The number of ether oxygens (including phenoxy) is 2. The Bertz CT molecular complexity index is 1330. The second-order valence-corrected chi connectivity index (χ2v) is 7.39. The number of nitrogens with zero attached hydrogens (tertiary/aromatic N) is 3. The number of carbonyl (C=O) groups excluding carboxylic acids is 1. The van der Waals surface area contributed by atoms with E-state index in [1.807, 2.05) is 0 Å². The third-order valence-corrected chi connectivity index (χ3v) is 4.71. The highest BCUT2D eigenvalue weighted by atomic mass is 35.5. The maximum absolute atomic E-state index is 13.0. The van der Waals surface area contributed by atoms with Crippen LogP contribution in [0.1, 0.15) is 10.5 Å². The van der Waals surface area contributed by atoms with E-state index in [0.29, 0.717) is 16.5 Å². The predicted octanol–water partition coefficient (Wildman–Crippen LogP) is 5.66. The van der Waals surface area contributed by atoms with Crippen molar-refractivity contribution in [2.24, 2.45) is 0 Å². The van der Waals surface area contributed by atoms with Gasteiger partial charge in [0.1, 0.15) is 23.1 Å². The SMILES string of the molecule is O=C(Nc1cc(Oc2ccc(Cl)cc2)cc([N+](=O)[O-])c1)c1ccn(COc2ccc(F)cc2)n1. The van der Waals surface area contributed by atoms with E-state index in [4.69, 9.17) is 21.1 Å². The van der Waals surface area contributed by atoms with Gasteiger partial charge in [-0.3, -0.25) is 14.9 Å². The second-order valence-electron chi connectivity index (χ2n) is 6.95. The summed E-state index contributed by atoms with van der Waals surface area (Å²) in [4.78, 5) is 23.4. The van der Waals surface area contributed by atoms with E-state index in [9.17, 15) is 19.3 Å². The maximum atomic E-state index is 13.0. The van der Waals surface area contributed by atoms with Gasteiger partial charge in [-0.1, -0.05) is 11.6 Å². The Kier molecular flexibility index (Phi) is 6.69. The van der Waals surface area contributed by atoms with Gasteiger partial charge in [0.05, 0.1) is 16.7 Å². The molecule has 1 amide bonds. The monoisotopic (exact) mass is 482 g/mol. The van der Waals surface area contributed by atoms with Gasteiger partial charge >= 0.3 is 0 Å². The fourth-order valence-electron chi connectivity index (χ4n) is 2.88. The van der Waals surface area contributed by atoms with Crippen LogP contribution in [-0.2, 0) is 6.73 Å². The number of hydrogen-bond donors (Lipinski definition) is 1. The zero-order valence-electron chi connectivity index (χ0n) is 17.4. The van der Waals surface area contributed by atoms with Gasteiger partial charge in [0.25, 0.3) is 11.6 Å². The van der Waals surface area contributed by atoms with E-state index in [-0.39, 0.29) is 35.4 Å². The van der Waals surface area contributed by atoms with Crippen LogP contribution in [0, 0.1) is 15.9 Å². The molecule has 0 fully saturated rings. The third-order valence-electron chi connectivity index (χ3n) is 4.46. The van der Waals surface area contributed by atoms with E-state index in [1.54, 1.807) is 24.3 Å². The minimum absolute atomic E-state index is 0.00516. The van der Waals surface area contributed by atoms with Crippen molar-refractivity contribution in [3.63, 3.8) is 0 Å². The number of non-ortho nitro benzene ring substituents is 1. The summed E-state index contributed by atoms with van der Waals surface area (Å²) in [6.07, 6.45) is 1.53. The van der Waals surface area contributed by atoms with Gasteiger partial charge in [-0.2, -0.15) is 5.10 Å². The summed E-state index contributed by atoms with van der Waals surface area (Å²) in [5.41, 5.74) is -0.0466. The van der Waals surface area contributed by atoms with Crippen molar-refractivity contribution >= 4 is 28.9 Å². The molecule has 0 spiro atoms. The normalized spacial score (nSPS) is 10.5. The number of carbonyl (C=O) groups is 1. The average Bonchev–Trinajstić information content (AvgIpc) is 3.29. The summed E-state index contributed by atoms with van der Waals surface area (Å²) in [5, 5.41) is 18.6. The highest BCUT2D eigenvalue weighted by Gasteiger charge is 2.15. The molecule has 0 saturated carbocycles. The molecule has 0 aliphatic heterocycles. The van der Waals surface area contributed by atoms with Crippen LogP contribution in [-0.4, -0.2) is 20.6 Å². The molecule has 0 bridgehead atoms. The number of aromatic nitrogens is 2. The lowest BCUT2D eigenvalue weighted by atomic mass is 10.2. The fourth-order valence-corrected chi connectivity index (χ4v) is 3.01. The van der Waals surface area contributed by atoms with Gasteiger partial charge in [0.15, 0.2) is 12.4 Å². The minimum Gasteiger partial charge on any atom is -0.471 e. The zero-order chi connectivity index (χ0) is 24.1. The van der Waals surface area contributed by atoms with E-state index < -0.39 is 10.8 Å². The minimum atomic E-state index is -0.591. The molecule has 1 aromatic heterocycles. The van der Waals surface area contributed by atoms with Crippen molar-refractivity contribution in [1.29, 1.82) is 0 Å². The van der Waals surface area contributed by atoms with Crippen LogP contribution >= 0.6 is 11.6 Å². The van der Waals surface area contributed by atoms with Crippen molar-refractivity contribution < 1.29 is 23.6 Å². The molecule has 11 heteroatoms. The summed E-state index contributed by atoms with van der Waals surface area (Å²) < 4.78 is 25.5. The Morgan fingerprint density at radius 1 is 1.03 bits per heavy atom. The molecular weight excluding hydrogens is 467 g/mol. The van der Waals surface area contributed by atoms with Gasteiger partial charge in [-0.25, -0.2) is 9.07 Å². The molecule has 4 aromatic rings. The predicted molar refractivity (Wildman–Crippen MR) is 122 cm³/mol. The van der Waals surface area contributed by atoms with E-state index in [1.165, 1.54) is 59.4 Å². The van der Waals surface area contributed by atoms with Crippen molar-refractivity contribution in [1.82, 2.24) is 9.78 Å². The van der Waals surface area contributed by atoms with Crippen LogP contribution in [0.2, 0.25) is 5.02 Å². The molecule has 0 unspecified atom stereocenters. The topological polar surface area (TPSA) is 109 Å². The van der Waals surface area contributed by atoms with Gasteiger partial charge in [-0.05, 0) is 54.6 Å². The Morgan fingerprint density at radius 3 is 2.44 bits per heavy atom. The second kappa shape index (κ2) is 10.0. The molecule has 9 nitrogen and oxygen atoms in total. The molecule has 1 N–H and O–H groups in total. The van der Waals surface area contributed by atoms with Crippen LogP contribution in [0.15, 0.2) is 79.0 Å². The number of halogens is 2. The van der Waals surface area contributed by atoms with Crippen LogP contribution in [0.5, 0.6) is 17.2 Å². The van der Waals surface area contributed by atoms with Crippen molar-refractivity contribution in [3.05, 3.63) is 106 Å². The third kappa shape index (κ3) is 5.87. The number of nitro benzene ring substituents is 1. The number of amides is 1. The molecule has 0 atom stereocenters. The number of nitrogens with one attached hydrogen (secondary N) is 1. The molecule has 0 aliphatic rings. The number of nitro groups is 1. The molecule has 34 heavy (non-hydrogen) atoms. The summed E-state index contributed by atoms with van der Waals surface area (Å²) in [6.45, 7) is -0.00516. The molecule has 172 valence electrons. The van der Waals surface area contributed by atoms with Gasteiger partial charge < -0.3 is 14.8 Å². The zero-order valence-corrected chi connectivity index (χ0v) is 18.1. The summed E-state index contributed by atoms with van der Waals surface area (Å²) in [7, 11) is 0. The van der Waals surface area contributed by atoms with Crippen LogP contribution in [0.25, 0.3) is 0 Å². The first-order chi connectivity index (χ1) is 16.4. The first kappa shape index (κ1) is 22.7. The van der Waals surface area contributed by atoms with E-state index >= 15 is 0 Å². The summed E-state index contributed by atoms with van der Waals surface area (Å²) >= 11 is 5.86. The Balaban J connectivity index is 1.45. The molecular formula is C23H16ClFN4O5. The van der Waals surface area contributed by atoms with Gasteiger partial charge in [0, 0.05) is 23.4 Å². The fraction of sp³-hybridized carbons (Fsp3) is 0.0435. The van der Waals surface area contributed by atoms with E-state index in [2.05, 4.69) is 10.4 Å². The highest BCUT2D eigenvalue weighted by molar-refractivity contribution is 6.30. The lowest BCUT2D eigenvalue weighted by Gasteiger charge is -2.09. The van der Waals surface area contributed by atoms with Gasteiger partial charge in [0.2, 0.25) is 0 Å². The lowest BCUT2D eigenvalue weighted by molar-refractivity contribution is -0.384. The molecule has 0 radical (unpaired) electrons. The quantitative estimate of drug-likeness (QED) is 0.256. The largest absolute Gasteiger partial charge is 0.471 e. The molecule has 1 heterocycles. The number of hydrogen-bond acceptors (Lipinski definition) is 6. The van der Waals surface area contributed by atoms with E-state index in [0.717, 1.165) is 0 Å². The smallest absolute Gasteiger partial charge is 0.276 e. The first-order valence-electron chi connectivity index (χ1n) is 9.82. The van der Waals surface area contributed by atoms with Crippen molar-refractivity contribution in [2.45, 2.75) is 6.73 Å². The molecule has 0 saturated heterocycles. The first-order valence-corrected chi connectivity index (χ1v) is 10.2. The summed E-state index contributed by atoms with van der Waals surface area (Å²) in [5.74, 6) is 0.0478. The standard InChI is InChI=1S/C23H16ClFN4O5/c24-15-1-5-20(6-2-15)34-21-12-17(11-18(13-21)29(31)32)26-23(30)22-9-10-28(27-22)14-33-19-7-3-16(25)4-8-19/h1-13H,14H2,(H,26,30).